The van der Waals surface area contributed by atoms with Crippen LogP contribution in [-0.4, -0.2) is 34.6 Å². The lowest BCUT2D eigenvalue weighted by Crippen LogP contribution is -2.38. The number of carbonyl (C=O) groups excluding carboxylic acids is 1. The molecule has 0 spiro atoms. The summed E-state index contributed by atoms with van der Waals surface area (Å²) in [7, 11) is 0. The Labute approximate surface area is 58.6 Å². The summed E-state index contributed by atoms with van der Waals surface area (Å²) in [5.74, 6) is 0. The van der Waals surface area contributed by atoms with Gasteiger partial charge in [0.1, 0.15) is 13.5 Å². The van der Waals surface area contributed by atoms with Crippen molar-refractivity contribution in [2.45, 2.75) is 0 Å². The summed E-state index contributed by atoms with van der Waals surface area (Å²) in [6.07, 6.45) is 1.17. The smallest absolute Gasteiger partial charge is 0.325 e. The van der Waals surface area contributed by atoms with Crippen molar-refractivity contribution in [2.75, 3.05) is 13.5 Å². The third-order valence-electron chi connectivity index (χ3n) is 0.854. The SMILES string of the molecule is C=CNC(=O)N(CO)CO. The standard InChI is InChI=1S/C5H10N2O3/c1-2-6-5(10)7(3-8)4-9/h2,8-9H,1,3-4H2,(H,6,10). The maximum absolute atomic E-state index is 10.6. The zero-order valence-electron chi connectivity index (χ0n) is 5.45. The maximum Gasteiger partial charge on any atom is 0.325 e. The van der Waals surface area contributed by atoms with E-state index in [0.717, 1.165) is 4.90 Å². The molecule has 0 heterocycles. The molecule has 5 heteroatoms. The van der Waals surface area contributed by atoms with E-state index in [2.05, 4.69) is 11.9 Å². The largest absolute Gasteiger partial charge is 0.376 e. The Balaban J connectivity index is 3.76. The molecule has 0 aliphatic rings. The van der Waals surface area contributed by atoms with E-state index < -0.39 is 19.5 Å². The lowest BCUT2D eigenvalue weighted by atomic mass is 10.7. The highest BCUT2D eigenvalue weighted by atomic mass is 16.3. The molecule has 0 fully saturated rings. The molecule has 0 aromatic carbocycles. The van der Waals surface area contributed by atoms with Gasteiger partial charge in [0.05, 0.1) is 0 Å². The van der Waals surface area contributed by atoms with Crippen molar-refractivity contribution < 1.29 is 15.0 Å². The number of hydrogen-bond acceptors (Lipinski definition) is 3. The van der Waals surface area contributed by atoms with Gasteiger partial charge in [-0.25, -0.2) is 4.79 Å². The molecule has 0 rings (SSSR count). The van der Waals surface area contributed by atoms with E-state index in [1.165, 1.54) is 6.20 Å². The summed E-state index contributed by atoms with van der Waals surface area (Å²) in [5.41, 5.74) is 0. The summed E-state index contributed by atoms with van der Waals surface area (Å²) >= 11 is 0. The molecular weight excluding hydrogens is 136 g/mol. The zero-order chi connectivity index (χ0) is 7.98. The molecule has 3 N–H and O–H groups in total. The van der Waals surface area contributed by atoms with Gasteiger partial charge in [-0.3, -0.25) is 4.90 Å². The molecule has 0 aromatic rings. The van der Waals surface area contributed by atoms with Gasteiger partial charge in [0.2, 0.25) is 0 Å². The highest BCUT2D eigenvalue weighted by Gasteiger charge is 2.06. The van der Waals surface area contributed by atoms with Crippen LogP contribution in [0, 0.1) is 0 Å². The molecule has 5 nitrogen and oxygen atoms in total. The topological polar surface area (TPSA) is 72.8 Å². The molecule has 0 bridgehead atoms. The van der Waals surface area contributed by atoms with Gasteiger partial charge in [-0.1, -0.05) is 6.58 Å². The number of aliphatic hydroxyl groups is 2. The van der Waals surface area contributed by atoms with Crippen LogP contribution in [-0.2, 0) is 0 Å². The van der Waals surface area contributed by atoms with Gasteiger partial charge in [-0.05, 0) is 6.20 Å². The Morgan fingerprint density at radius 1 is 1.60 bits per heavy atom. The zero-order valence-corrected chi connectivity index (χ0v) is 5.45. The van der Waals surface area contributed by atoms with Gasteiger partial charge in [0, 0.05) is 0 Å². The van der Waals surface area contributed by atoms with Crippen LogP contribution in [0.3, 0.4) is 0 Å². The summed E-state index contributed by atoms with van der Waals surface area (Å²) in [6, 6.07) is -0.583. The van der Waals surface area contributed by atoms with Crippen LogP contribution in [0.1, 0.15) is 0 Å². The third-order valence-corrected chi connectivity index (χ3v) is 0.854. The van der Waals surface area contributed by atoms with E-state index in [0.29, 0.717) is 0 Å². The van der Waals surface area contributed by atoms with Gasteiger partial charge < -0.3 is 15.5 Å². The summed E-state index contributed by atoms with van der Waals surface area (Å²) in [6.45, 7) is 2.19. The monoisotopic (exact) mass is 146 g/mol. The number of rotatable bonds is 3. The van der Waals surface area contributed by atoms with E-state index in [4.69, 9.17) is 10.2 Å². The first kappa shape index (κ1) is 8.93. The van der Waals surface area contributed by atoms with Crippen LogP contribution in [0.5, 0.6) is 0 Å². The second-order valence-corrected chi connectivity index (χ2v) is 1.48. The molecule has 2 amide bonds. The fraction of sp³-hybridized carbons (Fsp3) is 0.400. The van der Waals surface area contributed by atoms with Crippen molar-refractivity contribution >= 4 is 6.03 Å². The number of nitrogens with zero attached hydrogens (tertiary/aromatic N) is 1. The second kappa shape index (κ2) is 4.78. The molecule has 0 saturated carbocycles. The van der Waals surface area contributed by atoms with Crippen LogP contribution < -0.4 is 5.32 Å². The van der Waals surface area contributed by atoms with E-state index in [1.807, 2.05) is 0 Å². The number of carbonyl (C=O) groups is 1. The average molecular weight is 146 g/mol. The van der Waals surface area contributed by atoms with Crippen molar-refractivity contribution in [2.24, 2.45) is 0 Å². The number of aliphatic hydroxyl groups excluding tert-OH is 2. The fourth-order valence-corrected chi connectivity index (χ4v) is 0.352. The van der Waals surface area contributed by atoms with Crippen LogP contribution >= 0.6 is 0 Å². The minimum absolute atomic E-state index is 0.518. The quantitative estimate of drug-likeness (QED) is 0.449. The van der Waals surface area contributed by atoms with Gasteiger partial charge >= 0.3 is 6.03 Å². The Kier molecular flexibility index (Phi) is 4.26. The summed E-state index contributed by atoms with van der Waals surface area (Å²) < 4.78 is 0. The molecule has 10 heavy (non-hydrogen) atoms. The molecule has 0 saturated heterocycles. The van der Waals surface area contributed by atoms with Crippen molar-refractivity contribution in [3.63, 3.8) is 0 Å². The van der Waals surface area contributed by atoms with E-state index in [-0.39, 0.29) is 0 Å². The van der Waals surface area contributed by atoms with Crippen LogP contribution in [0.2, 0.25) is 0 Å². The molecule has 0 aliphatic heterocycles. The average Bonchev–Trinajstić information content (AvgIpc) is 1.91. The van der Waals surface area contributed by atoms with Crippen LogP contribution in [0.4, 0.5) is 4.79 Å². The van der Waals surface area contributed by atoms with E-state index in [9.17, 15) is 4.79 Å². The Morgan fingerprint density at radius 2 is 2.10 bits per heavy atom. The fourth-order valence-electron chi connectivity index (χ4n) is 0.352. The lowest BCUT2D eigenvalue weighted by molar-refractivity contribution is 0.0583. The predicted octanol–water partition coefficient (Wildman–Crippen LogP) is -0.959. The summed E-state index contributed by atoms with van der Waals surface area (Å²) in [5, 5.41) is 19.0. The van der Waals surface area contributed by atoms with Crippen LogP contribution in [0.25, 0.3) is 0 Å². The molecule has 0 radical (unpaired) electrons. The second-order valence-electron chi connectivity index (χ2n) is 1.48. The molecular formula is C5H10N2O3. The maximum atomic E-state index is 10.6. The molecule has 0 atom stereocenters. The predicted molar refractivity (Wildman–Crippen MR) is 34.7 cm³/mol. The Bertz CT molecular complexity index is 122. The Hall–Kier alpha value is -1.07. The highest BCUT2D eigenvalue weighted by Crippen LogP contribution is 1.83. The van der Waals surface area contributed by atoms with E-state index >= 15 is 0 Å². The van der Waals surface area contributed by atoms with Crippen LogP contribution in [0.15, 0.2) is 12.8 Å². The lowest BCUT2D eigenvalue weighted by Gasteiger charge is -2.15. The summed E-state index contributed by atoms with van der Waals surface area (Å²) in [4.78, 5) is 11.4. The first-order valence-electron chi connectivity index (χ1n) is 2.64. The van der Waals surface area contributed by atoms with Crippen molar-refractivity contribution in [1.82, 2.24) is 10.2 Å². The van der Waals surface area contributed by atoms with Crippen molar-refractivity contribution in [1.29, 1.82) is 0 Å². The molecule has 0 unspecified atom stereocenters. The van der Waals surface area contributed by atoms with Crippen molar-refractivity contribution in [3.8, 4) is 0 Å². The number of nitrogens with one attached hydrogen (secondary N) is 1. The minimum atomic E-state index is -0.583. The minimum Gasteiger partial charge on any atom is -0.376 e. The molecule has 0 aliphatic carbocycles. The van der Waals surface area contributed by atoms with Gasteiger partial charge in [0.15, 0.2) is 0 Å². The first-order chi connectivity index (χ1) is 4.76. The normalized spacial score (nSPS) is 8.60. The number of hydrogen-bond donors (Lipinski definition) is 3. The number of amides is 2. The first-order valence-corrected chi connectivity index (χ1v) is 2.64. The molecule has 0 aromatic heterocycles. The third kappa shape index (κ3) is 2.47. The Morgan fingerprint density at radius 3 is 2.40 bits per heavy atom. The van der Waals surface area contributed by atoms with Gasteiger partial charge in [0.25, 0.3) is 0 Å². The van der Waals surface area contributed by atoms with E-state index in [1.54, 1.807) is 0 Å². The molecule has 58 valence electrons. The van der Waals surface area contributed by atoms with Gasteiger partial charge in [-0.2, -0.15) is 0 Å². The van der Waals surface area contributed by atoms with Gasteiger partial charge in [-0.15, -0.1) is 0 Å². The van der Waals surface area contributed by atoms with Crippen molar-refractivity contribution in [3.05, 3.63) is 12.8 Å². The highest BCUT2D eigenvalue weighted by molar-refractivity contribution is 5.74. The number of urea groups is 1.